The van der Waals surface area contributed by atoms with E-state index in [1.165, 1.54) is 22.2 Å². The summed E-state index contributed by atoms with van der Waals surface area (Å²) in [6, 6.07) is 18.7. The molecule has 2 aromatic carbocycles. The zero-order valence-electron chi connectivity index (χ0n) is 10.2. The average Bonchev–Trinajstić information content (AvgIpc) is 2.66. The van der Waals surface area contributed by atoms with Gasteiger partial charge in [-0.3, -0.25) is 0 Å². The van der Waals surface area contributed by atoms with E-state index in [4.69, 9.17) is 11.6 Å². The predicted octanol–water partition coefficient (Wildman–Crippen LogP) is 4.65. The molecule has 0 saturated heterocycles. The number of para-hydroxylation sites is 1. The Morgan fingerprint density at radius 2 is 1.83 bits per heavy atom. The molecule has 0 bridgehead atoms. The van der Waals surface area contributed by atoms with Gasteiger partial charge in [-0.25, -0.2) is 0 Å². The molecule has 18 heavy (non-hydrogen) atoms. The Hall–Kier alpha value is -1.73. The van der Waals surface area contributed by atoms with Crippen LogP contribution in [0.4, 0.5) is 0 Å². The van der Waals surface area contributed by atoms with Gasteiger partial charge in [-0.15, -0.1) is 0 Å². The molecule has 3 aromatic rings. The van der Waals surface area contributed by atoms with Crippen molar-refractivity contribution >= 4 is 22.5 Å². The average molecular weight is 256 g/mol. The molecule has 0 saturated carbocycles. The Morgan fingerprint density at radius 3 is 2.67 bits per heavy atom. The summed E-state index contributed by atoms with van der Waals surface area (Å²) in [6.07, 6.45) is 0. The van der Waals surface area contributed by atoms with Crippen molar-refractivity contribution in [1.82, 2.24) is 4.57 Å². The van der Waals surface area contributed by atoms with Gasteiger partial charge >= 0.3 is 0 Å². The second-order valence-electron chi connectivity index (χ2n) is 4.56. The van der Waals surface area contributed by atoms with E-state index < -0.39 is 0 Å². The van der Waals surface area contributed by atoms with Crippen molar-refractivity contribution in [2.45, 2.75) is 13.5 Å². The predicted molar refractivity (Wildman–Crippen MR) is 77.2 cm³/mol. The van der Waals surface area contributed by atoms with Crippen LogP contribution in [-0.2, 0) is 6.54 Å². The fourth-order valence-corrected chi connectivity index (χ4v) is 2.59. The number of hydrogen-bond donors (Lipinski definition) is 0. The molecular weight excluding hydrogens is 242 g/mol. The van der Waals surface area contributed by atoms with Crippen LogP contribution >= 0.6 is 11.6 Å². The molecule has 0 aliphatic carbocycles. The summed E-state index contributed by atoms with van der Waals surface area (Å²) >= 11 is 6.03. The Kier molecular flexibility index (Phi) is 2.85. The van der Waals surface area contributed by atoms with Crippen LogP contribution < -0.4 is 0 Å². The third-order valence-electron chi connectivity index (χ3n) is 3.25. The number of halogens is 1. The minimum absolute atomic E-state index is 0.793. The highest BCUT2D eigenvalue weighted by Crippen LogP contribution is 2.21. The van der Waals surface area contributed by atoms with Crippen LogP contribution in [-0.4, -0.2) is 4.57 Å². The first-order valence-corrected chi connectivity index (χ1v) is 6.41. The van der Waals surface area contributed by atoms with E-state index in [1.54, 1.807) is 0 Å². The molecule has 0 atom stereocenters. The first kappa shape index (κ1) is 11.4. The normalized spacial score (nSPS) is 11.0. The van der Waals surface area contributed by atoms with Gasteiger partial charge < -0.3 is 4.57 Å². The molecule has 0 aliphatic heterocycles. The Morgan fingerprint density at radius 1 is 1.00 bits per heavy atom. The summed E-state index contributed by atoms with van der Waals surface area (Å²) in [5, 5.41) is 2.08. The molecule has 0 radical (unpaired) electrons. The summed E-state index contributed by atoms with van der Waals surface area (Å²) in [4.78, 5) is 0. The molecule has 0 N–H and O–H groups in total. The van der Waals surface area contributed by atoms with Crippen LogP contribution in [0.3, 0.4) is 0 Å². The van der Waals surface area contributed by atoms with Crippen molar-refractivity contribution in [2.75, 3.05) is 0 Å². The van der Waals surface area contributed by atoms with Gasteiger partial charge in [0.05, 0.1) is 0 Å². The van der Waals surface area contributed by atoms with Crippen LogP contribution in [0.1, 0.15) is 11.3 Å². The summed E-state index contributed by atoms with van der Waals surface area (Å²) in [5.41, 5.74) is 3.78. The van der Waals surface area contributed by atoms with Gasteiger partial charge in [0.1, 0.15) is 0 Å². The van der Waals surface area contributed by atoms with Crippen molar-refractivity contribution in [1.29, 1.82) is 0 Å². The van der Waals surface area contributed by atoms with Gasteiger partial charge in [-0.2, -0.15) is 0 Å². The van der Waals surface area contributed by atoms with Crippen LogP contribution in [0, 0.1) is 6.92 Å². The summed E-state index contributed by atoms with van der Waals surface area (Å²) in [6.45, 7) is 3.00. The Balaban J connectivity index is 2.07. The third-order valence-corrected chi connectivity index (χ3v) is 3.48. The number of fused-ring (bicyclic) bond motifs is 1. The zero-order chi connectivity index (χ0) is 12.5. The van der Waals surface area contributed by atoms with E-state index in [1.807, 2.05) is 18.2 Å². The van der Waals surface area contributed by atoms with Crippen LogP contribution in [0.15, 0.2) is 54.6 Å². The maximum atomic E-state index is 6.03. The number of benzene rings is 2. The van der Waals surface area contributed by atoms with Crippen molar-refractivity contribution < 1.29 is 0 Å². The van der Waals surface area contributed by atoms with Crippen LogP contribution in [0.25, 0.3) is 10.9 Å². The number of aryl methyl sites for hydroxylation is 1. The first-order chi connectivity index (χ1) is 8.74. The quantitative estimate of drug-likeness (QED) is 0.628. The van der Waals surface area contributed by atoms with E-state index in [-0.39, 0.29) is 0 Å². The molecule has 0 aliphatic rings. The van der Waals surface area contributed by atoms with Crippen LogP contribution in [0.5, 0.6) is 0 Å². The molecule has 0 unspecified atom stereocenters. The second kappa shape index (κ2) is 4.51. The molecule has 1 aromatic heterocycles. The minimum Gasteiger partial charge on any atom is -0.340 e. The van der Waals surface area contributed by atoms with E-state index in [0.717, 1.165) is 11.6 Å². The molecule has 1 heterocycles. The molecule has 1 nitrogen and oxygen atoms in total. The number of aromatic nitrogens is 1. The molecule has 0 spiro atoms. The number of rotatable bonds is 2. The lowest BCUT2D eigenvalue weighted by Crippen LogP contribution is -2.01. The highest BCUT2D eigenvalue weighted by molar-refractivity contribution is 6.30. The zero-order valence-corrected chi connectivity index (χ0v) is 11.0. The Bertz CT molecular complexity index is 697. The van der Waals surface area contributed by atoms with Gasteiger partial charge in [-0.05, 0) is 42.1 Å². The lowest BCUT2D eigenvalue weighted by molar-refractivity contribution is 0.805. The van der Waals surface area contributed by atoms with Gasteiger partial charge in [0, 0.05) is 22.8 Å². The van der Waals surface area contributed by atoms with Crippen molar-refractivity contribution in [3.8, 4) is 0 Å². The molecule has 2 heteroatoms. The number of nitrogens with zero attached hydrogens (tertiary/aromatic N) is 1. The molecule has 0 fully saturated rings. The summed E-state index contributed by atoms with van der Waals surface area (Å²) in [7, 11) is 0. The maximum absolute atomic E-state index is 6.03. The fraction of sp³-hybridized carbons (Fsp3) is 0.125. The second-order valence-corrected chi connectivity index (χ2v) is 5.00. The van der Waals surface area contributed by atoms with E-state index >= 15 is 0 Å². The summed E-state index contributed by atoms with van der Waals surface area (Å²) in [5.74, 6) is 0. The fourth-order valence-electron chi connectivity index (χ4n) is 2.38. The van der Waals surface area contributed by atoms with Crippen LogP contribution in [0.2, 0.25) is 5.02 Å². The molecule has 3 rings (SSSR count). The van der Waals surface area contributed by atoms with Gasteiger partial charge in [-0.1, -0.05) is 41.9 Å². The van der Waals surface area contributed by atoms with Gasteiger partial charge in [0.2, 0.25) is 0 Å². The minimum atomic E-state index is 0.793. The maximum Gasteiger partial charge on any atom is 0.0485 e. The highest BCUT2D eigenvalue weighted by Gasteiger charge is 2.05. The standard InChI is InChI=1S/C16H14ClN/c1-12-9-14-6-2-3-8-16(14)18(12)11-13-5-4-7-15(17)10-13/h2-10H,11H2,1H3. The first-order valence-electron chi connectivity index (χ1n) is 6.03. The summed E-state index contributed by atoms with van der Waals surface area (Å²) < 4.78 is 2.32. The highest BCUT2D eigenvalue weighted by atomic mass is 35.5. The lowest BCUT2D eigenvalue weighted by Gasteiger charge is -2.08. The van der Waals surface area contributed by atoms with Gasteiger partial charge in [0.25, 0.3) is 0 Å². The van der Waals surface area contributed by atoms with E-state index in [2.05, 4.69) is 47.9 Å². The molecule has 90 valence electrons. The van der Waals surface area contributed by atoms with Gasteiger partial charge in [0.15, 0.2) is 0 Å². The molecule has 0 amide bonds. The topological polar surface area (TPSA) is 4.93 Å². The van der Waals surface area contributed by atoms with Crippen molar-refractivity contribution in [3.05, 3.63) is 70.9 Å². The largest absolute Gasteiger partial charge is 0.340 e. The molecular formula is C16H14ClN. The van der Waals surface area contributed by atoms with Crippen molar-refractivity contribution in [3.63, 3.8) is 0 Å². The SMILES string of the molecule is Cc1cc2ccccc2n1Cc1cccc(Cl)c1. The monoisotopic (exact) mass is 255 g/mol. The van der Waals surface area contributed by atoms with E-state index in [9.17, 15) is 0 Å². The number of hydrogen-bond acceptors (Lipinski definition) is 0. The smallest absolute Gasteiger partial charge is 0.0485 e. The third kappa shape index (κ3) is 2.02. The lowest BCUT2D eigenvalue weighted by atomic mass is 10.2. The van der Waals surface area contributed by atoms with Crippen molar-refractivity contribution in [2.24, 2.45) is 0 Å². The van der Waals surface area contributed by atoms with E-state index in [0.29, 0.717) is 0 Å². The Labute approximate surface area is 112 Å².